The molecule has 1 saturated carbocycles. The van der Waals surface area contributed by atoms with Gasteiger partial charge >= 0.3 is 5.97 Å². The first-order valence-electron chi connectivity index (χ1n) is 7.93. The molecule has 0 aliphatic heterocycles. The third-order valence-corrected chi connectivity index (χ3v) is 5.98. The molecule has 1 heterocycles. The lowest BCUT2D eigenvalue weighted by Crippen LogP contribution is -2.29. The first kappa shape index (κ1) is 14.8. The second-order valence-corrected chi connectivity index (χ2v) is 8.28. The summed E-state index contributed by atoms with van der Waals surface area (Å²) in [5, 5.41) is 13.8. The lowest BCUT2D eigenvalue weighted by molar-refractivity contribution is -0.139. The first-order valence-corrected chi connectivity index (χ1v) is 8.75. The van der Waals surface area contributed by atoms with E-state index in [0.29, 0.717) is 11.5 Å². The van der Waals surface area contributed by atoms with Gasteiger partial charge in [0.1, 0.15) is 5.92 Å². The van der Waals surface area contributed by atoms with Crippen LogP contribution in [0.1, 0.15) is 68.9 Å². The van der Waals surface area contributed by atoms with Gasteiger partial charge in [-0.05, 0) is 50.4 Å². The topological polar surface area (TPSA) is 62.2 Å². The summed E-state index contributed by atoms with van der Waals surface area (Å²) in [4.78, 5) is 17.1. The number of aryl methyl sites for hydroxylation is 1. The number of rotatable bonds is 3. The number of fused-ring (bicyclic) bond motifs is 1. The fourth-order valence-electron chi connectivity index (χ4n) is 3.44. The van der Waals surface area contributed by atoms with Crippen molar-refractivity contribution in [3.05, 3.63) is 10.6 Å². The first-order chi connectivity index (χ1) is 9.94. The number of nitrogens with one attached hydrogen (secondary N) is 1. The normalized spacial score (nSPS) is 25.3. The van der Waals surface area contributed by atoms with Gasteiger partial charge in [0.15, 0.2) is 5.13 Å². The molecule has 4 nitrogen and oxygen atoms in total. The Hall–Kier alpha value is -1.10. The van der Waals surface area contributed by atoms with Crippen molar-refractivity contribution in [2.75, 3.05) is 5.32 Å². The van der Waals surface area contributed by atoms with E-state index in [2.05, 4.69) is 24.1 Å². The molecule has 1 aromatic rings. The van der Waals surface area contributed by atoms with Crippen LogP contribution in [0.15, 0.2) is 0 Å². The molecule has 0 spiro atoms. The van der Waals surface area contributed by atoms with E-state index in [0.717, 1.165) is 30.1 Å². The molecule has 2 aliphatic rings. The molecule has 3 rings (SSSR count). The van der Waals surface area contributed by atoms with E-state index in [9.17, 15) is 9.90 Å². The molecule has 1 fully saturated rings. The summed E-state index contributed by atoms with van der Waals surface area (Å²) < 4.78 is 0. The van der Waals surface area contributed by atoms with Gasteiger partial charge < -0.3 is 10.4 Å². The highest BCUT2D eigenvalue weighted by Crippen LogP contribution is 2.39. The monoisotopic (exact) mass is 308 g/mol. The summed E-state index contributed by atoms with van der Waals surface area (Å²) in [6.45, 7) is 4.67. The van der Waals surface area contributed by atoms with E-state index >= 15 is 0 Å². The molecule has 0 bridgehead atoms. The number of carboxylic acids is 1. The number of carbonyl (C=O) groups is 1. The van der Waals surface area contributed by atoms with Crippen molar-refractivity contribution < 1.29 is 9.90 Å². The number of thiazole rings is 1. The van der Waals surface area contributed by atoms with Crippen LogP contribution in [0.5, 0.6) is 0 Å². The molecule has 0 aromatic carbocycles. The number of aliphatic carboxylic acids is 1. The number of aromatic nitrogens is 1. The summed E-state index contributed by atoms with van der Waals surface area (Å²) in [5.41, 5.74) is 1.28. The Balaban J connectivity index is 1.69. The molecule has 1 unspecified atom stereocenters. The highest BCUT2D eigenvalue weighted by atomic mass is 32.1. The Morgan fingerprint density at radius 3 is 2.71 bits per heavy atom. The van der Waals surface area contributed by atoms with Gasteiger partial charge in [-0.1, -0.05) is 13.8 Å². The molecule has 0 saturated heterocycles. The van der Waals surface area contributed by atoms with Crippen LogP contribution in [0.4, 0.5) is 5.13 Å². The van der Waals surface area contributed by atoms with E-state index in [1.54, 1.807) is 11.3 Å². The maximum Gasteiger partial charge on any atom is 0.312 e. The molecule has 21 heavy (non-hydrogen) atoms. The second-order valence-electron chi connectivity index (χ2n) is 7.19. The van der Waals surface area contributed by atoms with Crippen molar-refractivity contribution >= 4 is 22.4 Å². The molecule has 116 valence electrons. The molecule has 0 radical (unpaired) electrons. The van der Waals surface area contributed by atoms with Crippen molar-refractivity contribution in [3.63, 3.8) is 0 Å². The maximum absolute atomic E-state index is 11.3. The van der Waals surface area contributed by atoms with Crippen LogP contribution < -0.4 is 5.32 Å². The molecule has 1 atom stereocenters. The molecule has 1 aromatic heterocycles. The van der Waals surface area contributed by atoms with Gasteiger partial charge in [-0.25, -0.2) is 4.98 Å². The van der Waals surface area contributed by atoms with Gasteiger partial charge in [0.2, 0.25) is 0 Å². The molecule has 2 N–H and O–H groups in total. The third-order valence-electron chi connectivity index (χ3n) is 4.92. The largest absolute Gasteiger partial charge is 0.481 e. The Morgan fingerprint density at radius 2 is 2.05 bits per heavy atom. The van der Waals surface area contributed by atoms with Crippen LogP contribution in [0.3, 0.4) is 0 Å². The van der Waals surface area contributed by atoms with E-state index in [1.807, 2.05) is 0 Å². The Bertz CT molecular complexity index is 528. The van der Waals surface area contributed by atoms with E-state index in [4.69, 9.17) is 0 Å². The maximum atomic E-state index is 11.3. The van der Waals surface area contributed by atoms with Gasteiger partial charge in [0.05, 0.1) is 5.69 Å². The van der Waals surface area contributed by atoms with E-state index in [1.165, 1.54) is 30.6 Å². The van der Waals surface area contributed by atoms with Crippen molar-refractivity contribution in [2.45, 2.75) is 70.8 Å². The Morgan fingerprint density at radius 1 is 1.33 bits per heavy atom. The average Bonchev–Trinajstić information content (AvgIpc) is 2.83. The van der Waals surface area contributed by atoms with Crippen LogP contribution in [-0.4, -0.2) is 22.1 Å². The third kappa shape index (κ3) is 3.23. The zero-order valence-electron chi connectivity index (χ0n) is 12.8. The molecular formula is C16H24N2O2S. The number of hydrogen-bond donors (Lipinski definition) is 2. The minimum absolute atomic E-state index is 0.397. The van der Waals surface area contributed by atoms with Crippen LogP contribution >= 0.6 is 11.3 Å². The fourth-order valence-corrected chi connectivity index (χ4v) is 4.58. The summed E-state index contributed by atoms with van der Waals surface area (Å²) in [5.74, 6) is -1.13. The van der Waals surface area contributed by atoms with Crippen LogP contribution in [-0.2, 0) is 11.2 Å². The SMILES string of the molecule is CC1(C)CCC(Nc2nc3c(s2)CCCC3C(=O)O)CC1. The van der Waals surface area contributed by atoms with Crippen molar-refractivity contribution in [3.8, 4) is 0 Å². The minimum Gasteiger partial charge on any atom is -0.481 e. The predicted molar refractivity (Wildman–Crippen MR) is 85.1 cm³/mol. The average molecular weight is 308 g/mol. The van der Waals surface area contributed by atoms with Crippen LogP contribution in [0, 0.1) is 5.41 Å². The van der Waals surface area contributed by atoms with Gasteiger partial charge in [0, 0.05) is 10.9 Å². The van der Waals surface area contributed by atoms with Gasteiger partial charge in [-0.15, -0.1) is 11.3 Å². The predicted octanol–water partition coefficient (Wildman–Crippen LogP) is 4.03. The van der Waals surface area contributed by atoms with Crippen LogP contribution in [0.25, 0.3) is 0 Å². The van der Waals surface area contributed by atoms with E-state index < -0.39 is 11.9 Å². The van der Waals surface area contributed by atoms with Crippen LogP contribution in [0.2, 0.25) is 0 Å². The number of anilines is 1. The van der Waals surface area contributed by atoms with Gasteiger partial charge in [-0.2, -0.15) is 0 Å². The smallest absolute Gasteiger partial charge is 0.312 e. The highest BCUT2D eigenvalue weighted by molar-refractivity contribution is 7.15. The molecule has 5 heteroatoms. The quantitative estimate of drug-likeness (QED) is 0.885. The summed E-state index contributed by atoms with van der Waals surface area (Å²) >= 11 is 1.66. The summed E-state index contributed by atoms with van der Waals surface area (Å²) in [7, 11) is 0. The van der Waals surface area contributed by atoms with Crippen molar-refractivity contribution in [1.82, 2.24) is 4.98 Å². The summed E-state index contributed by atoms with van der Waals surface area (Å²) in [6, 6.07) is 0.494. The second kappa shape index (κ2) is 5.59. The standard InChI is InChI=1S/C16H24N2O2S/c1-16(2)8-6-10(7-9-16)17-15-18-13-11(14(19)20)4-3-5-12(13)21-15/h10-11H,3-9H2,1-2H3,(H,17,18)(H,19,20). The minimum atomic E-state index is -0.729. The zero-order valence-corrected chi connectivity index (χ0v) is 13.6. The zero-order chi connectivity index (χ0) is 15.0. The fraction of sp³-hybridized carbons (Fsp3) is 0.750. The molecule has 0 amide bonds. The lowest BCUT2D eigenvalue weighted by Gasteiger charge is -2.34. The number of hydrogen-bond acceptors (Lipinski definition) is 4. The number of carboxylic acid groups (broad SMARTS) is 1. The summed E-state index contributed by atoms with van der Waals surface area (Å²) in [6.07, 6.45) is 7.52. The number of nitrogens with zero attached hydrogens (tertiary/aromatic N) is 1. The highest BCUT2D eigenvalue weighted by Gasteiger charge is 2.31. The lowest BCUT2D eigenvalue weighted by atomic mass is 9.76. The Kier molecular flexibility index (Phi) is 3.95. The van der Waals surface area contributed by atoms with Crippen molar-refractivity contribution in [1.29, 1.82) is 0 Å². The Labute approximate surface area is 130 Å². The van der Waals surface area contributed by atoms with E-state index in [-0.39, 0.29) is 0 Å². The van der Waals surface area contributed by atoms with Gasteiger partial charge in [-0.3, -0.25) is 4.79 Å². The van der Waals surface area contributed by atoms with Crippen molar-refractivity contribution in [2.24, 2.45) is 5.41 Å². The molecular weight excluding hydrogens is 284 g/mol. The molecule has 2 aliphatic carbocycles. The van der Waals surface area contributed by atoms with Gasteiger partial charge in [0.25, 0.3) is 0 Å².